The second-order valence-corrected chi connectivity index (χ2v) is 6.09. The van der Waals surface area contributed by atoms with Crippen molar-refractivity contribution in [1.82, 2.24) is 0 Å². The highest BCUT2D eigenvalue weighted by atomic mass is 14.5. The summed E-state index contributed by atoms with van der Waals surface area (Å²) in [6.07, 6.45) is 12.4. The standard InChI is InChI=1S/C15H26/c1-4-6-9-15(3,5-2)14-11-12-7-8-13(14)10-12/h5,12-14H,2,4,6-11H2,1,3H3. The molecule has 0 N–H and O–H groups in total. The molecule has 4 atom stereocenters. The van der Waals surface area contributed by atoms with E-state index < -0.39 is 0 Å². The summed E-state index contributed by atoms with van der Waals surface area (Å²) < 4.78 is 0. The minimum absolute atomic E-state index is 0.440. The zero-order valence-electron chi connectivity index (χ0n) is 10.5. The molecule has 2 fully saturated rings. The number of hydrogen-bond donors (Lipinski definition) is 0. The summed E-state index contributed by atoms with van der Waals surface area (Å²) in [6.45, 7) is 8.87. The quantitative estimate of drug-likeness (QED) is 0.566. The van der Waals surface area contributed by atoms with Gasteiger partial charge in [-0.3, -0.25) is 0 Å². The van der Waals surface area contributed by atoms with E-state index >= 15 is 0 Å². The van der Waals surface area contributed by atoms with Crippen LogP contribution in [0.15, 0.2) is 12.7 Å². The third-order valence-corrected chi connectivity index (χ3v) is 5.12. The first-order valence-electron chi connectivity index (χ1n) is 6.83. The molecule has 2 rings (SSSR count). The predicted octanol–water partition coefficient (Wildman–Crippen LogP) is 4.81. The van der Waals surface area contributed by atoms with Gasteiger partial charge in [0.15, 0.2) is 0 Å². The minimum Gasteiger partial charge on any atom is -0.103 e. The van der Waals surface area contributed by atoms with Crippen molar-refractivity contribution in [3.8, 4) is 0 Å². The van der Waals surface area contributed by atoms with E-state index in [0.29, 0.717) is 5.41 Å². The first kappa shape index (κ1) is 11.2. The first-order chi connectivity index (χ1) is 7.19. The van der Waals surface area contributed by atoms with Crippen LogP contribution < -0.4 is 0 Å². The zero-order chi connectivity index (χ0) is 10.9. The molecular formula is C15H26. The van der Waals surface area contributed by atoms with Crippen LogP contribution in [0.25, 0.3) is 0 Å². The number of hydrogen-bond acceptors (Lipinski definition) is 0. The molecule has 0 aromatic rings. The van der Waals surface area contributed by atoms with E-state index in [0.717, 1.165) is 17.8 Å². The topological polar surface area (TPSA) is 0 Å². The zero-order valence-corrected chi connectivity index (χ0v) is 10.5. The van der Waals surface area contributed by atoms with Gasteiger partial charge < -0.3 is 0 Å². The van der Waals surface area contributed by atoms with Gasteiger partial charge in [-0.2, -0.15) is 0 Å². The molecule has 0 aromatic carbocycles. The van der Waals surface area contributed by atoms with Gasteiger partial charge in [0, 0.05) is 0 Å². The Labute approximate surface area is 95.1 Å². The van der Waals surface area contributed by atoms with E-state index in [1.54, 1.807) is 0 Å². The maximum atomic E-state index is 4.11. The maximum absolute atomic E-state index is 4.11. The lowest BCUT2D eigenvalue weighted by atomic mass is 9.67. The lowest BCUT2D eigenvalue weighted by Crippen LogP contribution is -2.29. The molecule has 0 heteroatoms. The molecule has 2 bridgehead atoms. The molecule has 2 saturated carbocycles. The Morgan fingerprint density at radius 3 is 2.60 bits per heavy atom. The smallest absolute Gasteiger partial charge is 0.0118 e. The van der Waals surface area contributed by atoms with Gasteiger partial charge in [0.05, 0.1) is 0 Å². The maximum Gasteiger partial charge on any atom is -0.0118 e. The molecule has 4 unspecified atom stereocenters. The molecule has 2 aliphatic carbocycles. The summed E-state index contributed by atoms with van der Waals surface area (Å²) in [6, 6.07) is 0. The van der Waals surface area contributed by atoms with Crippen LogP contribution in [-0.2, 0) is 0 Å². The van der Waals surface area contributed by atoms with Crippen LogP contribution in [0.4, 0.5) is 0 Å². The van der Waals surface area contributed by atoms with E-state index in [1.165, 1.54) is 44.9 Å². The lowest BCUT2D eigenvalue weighted by Gasteiger charge is -2.38. The molecule has 86 valence electrons. The van der Waals surface area contributed by atoms with Gasteiger partial charge in [0.25, 0.3) is 0 Å². The Kier molecular flexibility index (Phi) is 3.23. The van der Waals surface area contributed by atoms with Crippen molar-refractivity contribution in [2.75, 3.05) is 0 Å². The van der Waals surface area contributed by atoms with Gasteiger partial charge in [-0.1, -0.05) is 39.2 Å². The summed E-state index contributed by atoms with van der Waals surface area (Å²) in [5.41, 5.74) is 0.440. The van der Waals surface area contributed by atoms with Crippen LogP contribution in [-0.4, -0.2) is 0 Å². The van der Waals surface area contributed by atoms with Gasteiger partial charge in [-0.05, 0) is 48.9 Å². The Balaban J connectivity index is 2.02. The molecule has 0 nitrogen and oxygen atoms in total. The van der Waals surface area contributed by atoms with Crippen LogP contribution in [0.1, 0.15) is 58.8 Å². The fourth-order valence-electron chi connectivity index (χ4n) is 4.05. The molecule has 0 radical (unpaired) electrons. The van der Waals surface area contributed by atoms with Crippen LogP contribution >= 0.6 is 0 Å². The van der Waals surface area contributed by atoms with E-state index in [9.17, 15) is 0 Å². The first-order valence-corrected chi connectivity index (χ1v) is 6.83. The number of fused-ring (bicyclic) bond motifs is 2. The van der Waals surface area contributed by atoms with Gasteiger partial charge in [-0.25, -0.2) is 0 Å². The Hall–Kier alpha value is -0.260. The summed E-state index contributed by atoms with van der Waals surface area (Å²) in [5.74, 6) is 3.07. The lowest BCUT2D eigenvalue weighted by molar-refractivity contribution is 0.157. The van der Waals surface area contributed by atoms with Gasteiger partial charge in [-0.15, -0.1) is 6.58 Å². The fraction of sp³-hybridized carbons (Fsp3) is 0.867. The Morgan fingerprint density at radius 1 is 1.33 bits per heavy atom. The molecule has 0 aromatic heterocycles. The minimum atomic E-state index is 0.440. The third kappa shape index (κ3) is 2.00. The van der Waals surface area contributed by atoms with Crippen molar-refractivity contribution in [3.05, 3.63) is 12.7 Å². The molecule has 2 aliphatic rings. The average molecular weight is 206 g/mol. The molecule has 0 heterocycles. The average Bonchev–Trinajstić information content (AvgIpc) is 2.87. The Morgan fingerprint density at radius 2 is 2.13 bits per heavy atom. The normalized spacial score (nSPS) is 37.9. The van der Waals surface area contributed by atoms with Crippen molar-refractivity contribution in [1.29, 1.82) is 0 Å². The van der Waals surface area contributed by atoms with Gasteiger partial charge in [0.2, 0.25) is 0 Å². The molecule has 0 spiro atoms. The van der Waals surface area contributed by atoms with Gasteiger partial charge in [0.1, 0.15) is 0 Å². The Bertz CT molecular complexity index is 230. The predicted molar refractivity (Wildman–Crippen MR) is 66.8 cm³/mol. The summed E-state index contributed by atoms with van der Waals surface area (Å²) in [4.78, 5) is 0. The summed E-state index contributed by atoms with van der Waals surface area (Å²) in [7, 11) is 0. The second kappa shape index (κ2) is 4.31. The molecule has 0 aliphatic heterocycles. The van der Waals surface area contributed by atoms with Gasteiger partial charge >= 0.3 is 0 Å². The highest BCUT2D eigenvalue weighted by molar-refractivity contribution is 5.04. The number of unbranched alkanes of at least 4 members (excludes halogenated alkanes) is 1. The fourth-order valence-corrected chi connectivity index (χ4v) is 4.05. The highest BCUT2D eigenvalue weighted by Crippen LogP contribution is 2.56. The highest BCUT2D eigenvalue weighted by Gasteiger charge is 2.46. The molecular weight excluding hydrogens is 180 g/mol. The summed E-state index contributed by atoms with van der Waals surface area (Å²) >= 11 is 0. The van der Waals surface area contributed by atoms with E-state index in [4.69, 9.17) is 0 Å². The molecule has 0 amide bonds. The van der Waals surface area contributed by atoms with Crippen LogP contribution in [0.5, 0.6) is 0 Å². The monoisotopic (exact) mass is 206 g/mol. The third-order valence-electron chi connectivity index (χ3n) is 5.12. The van der Waals surface area contributed by atoms with E-state index in [-0.39, 0.29) is 0 Å². The van der Waals surface area contributed by atoms with Crippen molar-refractivity contribution in [2.45, 2.75) is 58.8 Å². The largest absolute Gasteiger partial charge is 0.103 e. The molecule has 0 saturated heterocycles. The molecule has 15 heavy (non-hydrogen) atoms. The van der Waals surface area contributed by atoms with E-state index in [2.05, 4.69) is 26.5 Å². The van der Waals surface area contributed by atoms with Crippen molar-refractivity contribution in [3.63, 3.8) is 0 Å². The SMILES string of the molecule is C=CC(C)(CCCC)C1CC2CCC1C2. The van der Waals surface area contributed by atoms with Crippen molar-refractivity contribution >= 4 is 0 Å². The number of allylic oxidation sites excluding steroid dienone is 1. The van der Waals surface area contributed by atoms with Crippen molar-refractivity contribution < 1.29 is 0 Å². The van der Waals surface area contributed by atoms with Crippen molar-refractivity contribution in [2.24, 2.45) is 23.2 Å². The summed E-state index contributed by atoms with van der Waals surface area (Å²) in [5, 5.41) is 0. The number of rotatable bonds is 5. The van der Waals surface area contributed by atoms with Crippen LogP contribution in [0, 0.1) is 23.2 Å². The van der Waals surface area contributed by atoms with Crippen LogP contribution in [0.2, 0.25) is 0 Å². The second-order valence-electron chi connectivity index (χ2n) is 6.09. The van der Waals surface area contributed by atoms with Crippen LogP contribution in [0.3, 0.4) is 0 Å². The van der Waals surface area contributed by atoms with E-state index in [1.807, 2.05) is 0 Å².